The number of hydrogen-bond acceptors (Lipinski definition) is 6. The average Bonchev–Trinajstić information content (AvgIpc) is 2.91. The van der Waals surface area contributed by atoms with Gasteiger partial charge in [-0.2, -0.15) is 8.42 Å². The summed E-state index contributed by atoms with van der Waals surface area (Å²) in [6, 6.07) is 0. The standard InChI is InChI=1S/C11H13N3O4S2/c12-9-8-6-1-2-11(17-3-4-18-11)5-7(6)19-10(8)14-20(15,16)13-9/h14H,1-5H2,(H2,12,13). The van der Waals surface area contributed by atoms with E-state index in [4.69, 9.17) is 15.2 Å². The Bertz CT molecular complexity index is 716. The van der Waals surface area contributed by atoms with Gasteiger partial charge in [0.05, 0.1) is 18.8 Å². The summed E-state index contributed by atoms with van der Waals surface area (Å²) in [5.41, 5.74) is 7.61. The first-order valence-corrected chi connectivity index (χ1v) is 8.55. The van der Waals surface area contributed by atoms with E-state index >= 15 is 0 Å². The maximum absolute atomic E-state index is 11.6. The van der Waals surface area contributed by atoms with Crippen LogP contribution >= 0.6 is 11.3 Å². The van der Waals surface area contributed by atoms with Crippen LogP contribution in [0.3, 0.4) is 0 Å². The fourth-order valence-corrected chi connectivity index (χ4v) is 5.38. The average molecular weight is 315 g/mol. The molecular weight excluding hydrogens is 302 g/mol. The molecule has 1 aromatic rings. The van der Waals surface area contributed by atoms with Crippen LogP contribution in [0.15, 0.2) is 4.40 Å². The molecule has 0 aromatic carbocycles. The summed E-state index contributed by atoms with van der Waals surface area (Å²) >= 11 is 1.39. The molecule has 3 aliphatic rings. The number of anilines is 1. The van der Waals surface area contributed by atoms with Crippen molar-refractivity contribution in [2.45, 2.75) is 25.0 Å². The molecule has 9 heteroatoms. The van der Waals surface area contributed by atoms with Crippen LogP contribution in [0.25, 0.3) is 0 Å². The summed E-state index contributed by atoms with van der Waals surface area (Å²) in [4.78, 5) is 1.06. The lowest BCUT2D eigenvalue weighted by Crippen LogP contribution is -2.37. The Morgan fingerprint density at radius 3 is 2.85 bits per heavy atom. The Morgan fingerprint density at radius 2 is 2.10 bits per heavy atom. The van der Waals surface area contributed by atoms with Crippen LogP contribution in [0, 0.1) is 0 Å². The first-order chi connectivity index (χ1) is 9.48. The summed E-state index contributed by atoms with van der Waals surface area (Å²) in [6.07, 6.45) is 2.14. The Labute approximate surface area is 120 Å². The van der Waals surface area contributed by atoms with Crippen molar-refractivity contribution in [1.82, 2.24) is 0 Å². The molecule has 0 amide bonds. The second kappa shape index (κ2) is 3.94. The summed E-state index contributed by atoms with van der Waals surface area (Å²) in [6.45, 7) is 1.22. The molecular formula is C11H13N3O4S2. The molecule has 1 fully saturated rings. The van der Waals surface area contributed by atoms with Crippen molar-refractivity contribution in [2.75, 3.05) is 17.9 Å². The predicted octanol–water partition coefficient (Wildman–Crippen LogP) is 0.356. The van der Waals surface area contributed by atoms with E-state index in [2.05, 4.69) is 9.12 Å². The van der Waals surface area contributed by atoms with Crippen LogP contribution < -0.4 is 10.5 Å². The van der Waals surface area contributed by atoms with Gasteiger partial charge in [-0.15, -0.1) is 15.7 Å². The van der Waals surface area contributed by atoms with Crippen molar-refractivity contribution < 1.29 is 17.9 Å². The molecule has 1 aliphatic carbocycles. The molecule has 3 heterocycles. The molecule has 108 valence electrons. The Balaban J connectivity index is 1.79. The SMILES string of the molecule is NC1=NS(=O)(=O)Nc2sc3c(c21)CCC1(C3)OCCO1. The molecule has 4 rings (SSSR count). The lowest BCUT2D eigenvalue weighted by atomic mass is 9.90. The Morgan fingerprint density at radius 1 is 1.35 bits per heavy atom. The fraction of sp³-hybridized carbons (Fsp3) is 0.545. The van der Waals surface area contributed by atoms with Gasteiger partial charge in [0.1, 0.15) is 10.8 Å². The number of nitrogens with one attached hydrogen (secondary N) is 1. The van der Waals surface area contributed by atoms with Gasteiger partial charge >= 0.3 is 10.2 Å². The van der Waals surface area contributed by atoms with E-state index in [0.717, 1.165) is 28.8 Å². The Hall–Kier alpha value is -1.16. The number of hydrogen-bond donors (Lipinski definition) is 2. The van der Waals surface area contributed by atoms with Crippen LogP contribution in [0.2, 0.25) is 0 Å². The maximum atomic E-state index is 11.6. The molecule has 0 bridgehead atoms. The normalized spacial score (nSPS) is 25.7. The molecule has 1 saturated heterocycles. The molecule has 0 radical (unpaired) electrons. The lowest BCUT2D eigenvalue weighted by molar-refractivity contribution is -0.163. The molecule has 1 spiro atoms. The van der Waals surface area contributed by atoms with Crippen molar-refractivity contribution >= 4 is 32.4 Å². The quantitative estimate of drug-likeness (QED) is 0.719. The molecule has 2 aliphatic heterocycles. The summed E-state index contributed by atoms with van der Waals surface area (Å²) in [5, 5.41) is 0.553. The molecule has 0 atom stereocenters. The molecule has 0 saturated carbocycles. The smallest absolute Gasteiger partial charge is 0.344 e. The molecule has 7 nitrogen and oxygen atoms in total. The van der Waals surface area contributed by atoms with Crippen molar-refractivity contribution in [1.29, 1.82) is 0 Å². The highest BCUT2D eigenvalue weighted by molar-refractivity contribution is 7.92. The van der Waals surface area contributed by atoms with Gasteiger partial charge in [-0.3, -0.25) is 4.72 Å². The molecule has 3 N–H and O–H groups in total. The van der Waals surface area contributed by atoms with E-state index in [1.54, 1.807) is 0 Å². The minimum Gasteiger partial charge on any atom is -0.382 e. The van der Waals surface area contributed by atoms with Crippen LogP contribution in [-0.4, -0.2) is 33.3 Å². The molecule has 20 heavy (non-hydrogen) atoms. The summed E-state index contributed by atoms with van der Waals surface area (Å²) < 4.78 is 40.5. The van der Waals surface area contributed by atoms with Gasteiger partial charge in [0, 0.05) is 17.7 Å². The van der Waals surface area contributed by atoms with Gasteiger partial charge in [0.25, 0.3) is 0 Å². The minimum atomic E-state index is -3.71. The van der Waals surface area contributed by atoms with Gasteiger partial charge in [-0.1, -0.05) is 0 Å². The highest BCUT2D eigenvalue weighted by Gasteiger charge is 2.43. The van der Waals surface area contributed by atoms with Crippen molar-refractivity contribution in [3.05, 3.63) is 16.0 Å². The highest BCUT2D eigenvalue weighted by Crippen LogP contribution is 2.44. The van der Waals surface area contributed by atoms with Gasteiger partial charge in [-0.05, 0) is 12.0 Å². The maximum Gasteiger partial charge on any atom is 0.344 e. The van der Waals surface area contributed by atoms with Gasteiger partial charge < -0.3 is 15.2 Å². The van der Waals surface area contributed by atoms with E-state index in [-0.39, 0.29) is 5.84 Å². The fourth-order valence-electron chi connectivity index (χ4n) is 2.97. The van der Waals surface area contributed by atoms with Crippen LogP contribution in [0.5, 0.6) is 0 Å². The van der Waals surface area contributed by atoms with E-state index in [9.17, 15) is 8.42 Å². The number of rotatable bonds is 0. The second-order valence-electron chi connectivity index (χ2n) is 5.05. The number of amidine groups is 1. The van der Waals surface area contributed by atoms with Crippen molar-refractivity contribution in [3.8, 4) is 0 Å². The van der Waals surface area contributed by atoms with E-state index in [1.807, 2.05) is 0 Å². The van der Waals surface area contributed by atoms with Crippen LogP contribution in [-0.2, 0) is 32.5 Å². The Kier molecular flexibility index (Phi) is 2.48. The third-order valence-electron chi connectivity index (χ3n) is 3.79. The third-order valence-corrected chi connectivity index (χ3v) is 5.96. The second-order valence-corrected chi connectivity index (χ2v) is 7.49. The van der Waals surface area contributed by atoms with Crippen LogP contribution in [0.4, 0.5) is 5.00 Å². The number of nitrogens with two attached hydrogens (primary N) is 1. The zero-order chi connectivity index (χ0) is 14.0. The third kappa shape index (κ3) is 1.77. The topological polar surface area (TPSA) is 103 Å². The minimum absolute atomic E-state index is 0.0699. The zero-order valence-corrected chi connectivity index (χ0v) is 12.1. The van der Waals surface area contributed by atoms with E-state index < -0.39 is 16.0 Å². The van der Waals surface area contributed by atoms with Crippen LogP contribution in [0.1, 0.15) is 22.4 Å². The first-order valence-electron chi connectivity index (χ1n) is 6.29. The number of nitrogens with zero attached hydrogens (tertiary/aromatic N) is 1. The monoisotopic (exact) mass is 315 g/mol. The highest BCUT2D eigenvalue weighted by atomic mass is 32.2. The lowest BCUT2D eigenvalue weighted by Gasteiger charge is -2.31. The van der Waals surface area contributed by atoms with E-state index in [1.165, 1.54) is 11.3 Å². The largest absolute Gasteiger partial charge is 0.382 e. The van der Waals surface area contributed by atoms with Gasteiger partial charge in [0.2, 0.25) is 0 Å². The van der Waals surface area contributed by atoms with Crippen molar-refractivity contribution in [2.24, 2.45) is 10.1 Å². The van der Waals surface area contributed by atoms with Gasteiger partial charge in [-0.25, -0.2) is 0 Å². The van der Waals surface area contributed by atoms with E-state index in [0.29, 0.717) is 24.6 Å². The number of thiophene rings is 1. The van der Waals surface area contributed by atoms with Gasteiger partial charge in [0.15, 0.2) is 5.79 Å². The predicted molar refractivity (Wildman–Crippen MR) is 74.2 cm³/mol. The number of ether oxygens (including phenoxy) is 2. The first kappa shape index (κ1) is 12.6. The summed E-state index contributed by atoms with van der Waals surface area (Å²) in [5.74, 6) is -0.467. The molecule has 1 aromatic heterocycles. The molecule has 0 unspecified atom stereocenters. The summed E-state index contributed by atoms with van der Waals surface area (Å²) in [7, 11) is -3.71. The van der Waals surface area contributed by atoms with Crippen molar-refractivity contribution in [3.63, 3.8) is 0 Å². The number of fused-ring (bicyclic) bond motifs is 3. The zero-order valence-electron chi connectivity index (χ0n) is 10.5.